The number of nitrogens with zero attached hydrogens (tertiary/aromatic N) is 7. The normalized spacial score (nSPS) is 15.5. The van der Waals surface area contributed by atoms with Crippen molar-refractivity contribution in [2.75, 3.05) is 38.8 Å². The molecule has 42 heavy (non-hydrogen) atoms. The molecule has 220 valence electrons. The van der Waals surface area contributed by atoms with Crippen molar-refractivity contribution >= 4 is 11.7 Å². The van der Waals surface area contributed by atoms with E-state index in [4.69, 9.17) is 19.4 Å². The number of rotatable bonds is 11. The van der Waals surface area contributed by atoms with E-state index < -0.39 is 0 Å². The zero-order valence-corrected chi connectivity index (χ0v) is 24.6. The molecule has 0 radical (unpaired) electrons. The molecule has 0 bridgehead atoms. The van der Waals surface area contributed by atoms with E-state index in [1.54, 1.807) is 32.9 Å². The molecule has 0 saturated carbocycles. The molecule has 1 aliphatic rings. The predicted molar refractivity (Wildman–Crippen MR) is 160 cm³/mol. The van der Waals surface area contributed by atoms with Gasteiger partial charge in [-0.1, -0.05) is 26.0 Å². The van der Waals surface area contributed by atoms with Gasteiger partial charge in [0, 0.05) is 70.0 Å². The molecule has 4 aromatic rings. The molecule has 1 N–H and O–H groups in total. The Morgan fingerprint density at radius 2 is 1.88 bits per heavy atom. The van der Waals surface area contributed by atoms with Crippen LogP contribution < -0.4 is 19.7 Å². The first-order valence-corrected chi connectivity index (χ1v) is 14.2. The highest BCUT2D eigenvalue weighted by atomic mass is 16.5. The number of carbonyl (C=O) groups is 1. The fourth-order valence-electron chi connectivity index (χ4n) is 5.14. The lowest BCUT2D eigenvalue weighted by Crippen LogP contribution is -2.54. The van der Waals surface area contributed by atoms with Crippen molar-refractivity contribution in [1.29, 1.82) is 0 Å². The number of piperazine rings is 1. The van der Waals surface area contributed by atoms with Crippen molar-refractivity contribution in [3.63, 3.8) is 0 Å². The van der Waals surface area contributed by atoms with Crippen molar-refractivity contribution < 1.29 is 14.3 Å². The third-order valence-corrected chi connectivity index (χ3v) is 7.40. The van der Waals surface area contributed by atoms with E-state index in [1.165, 1.54) is 0 Å². The predicted octanol–water partition coefficient (Wildman–Crippen LogP) is 3.60. The third kappa shape index (κ3) is 7.03. The standard InChI is InChI=1S/C31H38N8O3/c1-22(2)26-16-29(36-31(35-26)38-11-10-33-21-38)39-13-12-37(19-24-6-5-9-32-17-24)20-25(39)15-30(40)34-18-23-7-8-27(41-3)28(14-23)42-4/h5-11,14,16-17,21-22,25H,12-13,15,18-20H2,1-4H3,(H,34,40). The molecule has 0 spiro atoms. The summed E-state index contributed by atoms with van der Waals surface area (Å²) in [6.07, 6.45) is 9.26. The van der Waals surface area contributed by atoms with Gasteiger partial charge in [0.2, 0.25) is 11.9 Å². The van der Waals surface area contributed by atoms with Gasteiger partial charge >= 0.3 is 0 Å². The summed E-state index contributed by atoms with van der Waals surface area (Å²) in [6, 6.07) is 11.7. The number of pyridine rings is 1. The van der Waals surface area contributed by atoms with Crippen LogP contribution in [-0.2, 0) is 17.9 Å². The smallest absolute Gasteiger partial charge is 0.237 e. The largest absolute Gasteiger partial charge is 0.493 e. The van der Waals surface area contributed by atoms with Gasteiger partial charge in [-0.05, 0) is 35.2 Å². The average molecular weight is 571 g/mol. The van der Waals surface area contributed by atoms with E-state index in [9.17, 15) is 4.79 Å². The molecular formula is C31H38N8O3. The molecule has 11 heteroatoms. The molecule has 5 rings (SSSR count). The van der Waals surface area contributed by atoms with Crippen molar-refractivity contribution in [3.05, 3.63) is 84.3 Å². The van der Waals surface area contributed by atoms with Gasteiger partial charge in [0.05, 0.1) is 26.0 Å². The van der Waals surface area contributed by atoms with E-state index in [0.717, 1.165) is 42.3 Å². The minimum atomic E-state index is -0.0913. The Morgan fingerprint density at radius 1 is 1.02 bits per heavy atom. The molecular weight excluding hydrogens is 532 g/mol. The van der Waals surface area contributed by atoms with Crippen LogP contribution in [0.4, 0.5) is 5.82 Å². The summed E-state index contributed by atoms with van der Waals surface area (Å²) in [5.74, 6) is 2.85. The van der Waals surface area contributed by atoms with Crippen LogP contribution in [-0.4, -0.2) is 75.2 Å². The second kappa shape index (κ2) is 13.4. The van der Waals surface area contributed by atoms with Gasteiger partial charge in [-0.2, -0.15) is 4.98 Å². The first kappa shape index (κ1) is 29.0. The first-order valence-electron chi connectivity index (χ1n) is 14.2. The number of methoxy groups -OCH3 is 2. The quantitative estimate of drug-likeness (QED) is 0.289. The number of amides is 1. The lowest BCUT2D eigenvalue weighted by molar-refractivity contribution is -0.121. The molecule has 3 aromatic heterocycles. The minimum absolute atomic E-state index is 0.0315. The maximum Gasteiger partial charge on any atom is 0.237 e. The zero-order valence-electron chi connectivity index (χ0n) is 24.6. The number of ether oxygens (including phenoxy) is 2. The monoisotopic (exact) mass is 570 g/mol. The van der Waals surface area contributed by atoms with Crippen LogP contribution in [0, 0.1) is 0 Å². The molecule has 1 unspecified atom stereocenters. The summed E-state index contributed by atoms with van der Waals surface area (Å²) < 4.78 is 12.6. The average Bonchev–Trinajstić information content (AvgIpc) is 3.56. The van der Waals surface area contributed by atoms with Crippen LogP contribution >= 0.6 is 0 Å². The maximum absolute atomic E-state index is 13.4. The molecule has 1 saturated heterocycles. The van der Waals surface area contributed by atoms with E-state index in [0.29, 0.717) is 37.0 Å². The summed E-state index contributed by atoms with van der Waals surface area (Å²) in [6.45, 7) is 7.67. The van der Waals surface area contributed by atoms with Crippen LogP contribution in [0.25, 0.3) is 5.95 Å². The Balaban J connectivity index is 1.37. The topological polar surface area (TPSA) is 111 Å². The van der Waals surface area contributed by atoms with Gasteiger partial charge in [0.25, 0.3) is 0 Å². The van der Waals surface area contributed by atoms with Crippen molar-refractivity contribution in [3.8, 4) is 17.4 Å². The SMILES string of the molecule is COc1ccc(CNC(=O)CC2CN(Cc3cccnc3)CCN2c2cc(C(C)C)nc(-n3ccnc3)n2)cc1OC. The highest BCUT2D eigenvalue weighted by molar-refractivity contribution is 5.77. The summed E-state index contributed by atoms with van der Waals surface area (Å²) in [4.78, 5) is 36.2. The van der Waals surface area contributed by atoms with Gasteiger partial charge < -0.3 is 19.7 Å². The molecule has 1 atom stereocenters. The lowest BCUT2D eigenvalue weighted by atomic mass is 10.1. The number of carbonyl (C=O) groups excluding carboxylic acids is 1. The summed E-state index contributed by atoms with van der Waals surface area (Å²) in [5.41, 5.74) is 3.02. The number of nitrogens with one attached hydrogen (secondary N) is 1. The van der Waals surface area contributed by atoms with Gasteiger partial charge in [0.15, 0.2) is 11.5 Å². The highest BCUT2D eigenvalue weighted by Gasteiger charge is 2.31. The Bertz CT molecular complexity index is 1460. The Labute approximate surface area is 246 Å². The Kier molecular flexibility index (Phi) is 9.28. The van der Waals surface area contributed by atoms with E-state index in [1.807, 2.05) is 41.2 Å². The van der Waals surface area contributed by atoms with Crippen molar-refractivity contribution in [2.24, 2.45) is 0 Å². The number of anilines is 1. The zero-order chi connectivity index (χ0) is 29.5. The molecule has 1 aliphatic heterocycles. The summed E-state index contributed by atoms with van der Waals surface area (Å²) >= 11 is 0. The summed E-state index contributed by atoms with van der Waals surface area (Å²) in [5, 5.41) is 3.10. The molecule has 1 fully saturated rings. The van der Waals surface area contributed by atoms with Crippen LogP contribution in [0.5, 0.6) is 11.5 Å². The number of hydrogen-bond acceptors (Lipinski definition) is 9. The Morgan fingerprint density at radius 3 is 2.60 bits per heavy atom. The molecule has 1 aromatic carbocycles. The van der Waals surface area contributed by atoms with Crippen LogP contribution in [0.1, 0.15) is 43.0 Å². The van der Waals surface area contributed by atoms with Crippen molar-refractivity contribution in [2.45, 2.75) is 45.3 Å². The summed E-state index contributed by atoms with van der Waals surface area (Å²) in [7, 11) is 3.21. The van der Waals surface area contributed by atoms with Crippen LogP contribution in [0.3, 0.4) is 0 Å². The third-order valence-electron chi connectivity index (χ3n) is 7.40. The second-order valence-electron chi connectivity index (χ2n) is 10.7. The Hall–Kier alpha value is -4.51. The van der Waals surface area contributed by atoms with Gasteiger partial charge in [-0.25, -0.2) is 9.97 Å². The minimum Gasteiger partial charge on any atom is -0.493 e. The number of hydrogen-bond donors (Lipinski definition) is 1. The van der Waals surface area contributed by atoms with E-state index in [2.05, 4.69) is 51.1 Å². The van der Waals surface area contributed by atoms with E-state index in [-0.39, 0.29) is 17.9 Å². The number of aromatic nitrogens is 5. The molecule has 4 heterocycles. The van der Waals surface area contributed by atoms with Crippen molar-refractivity contribution in [1.82, 2.24) is 34.7 Å². The molecule has 1 amide bonds. The number of benzene rings is 1. The van der Waals surface area contributed by atoms with Gasteiger partial charge in [-0.3, -0.25) is 19.2 Å². The fourth-order valence-corrected chi connectivity index (χ4v) is 5.14. The lowest BCUT2D eigenvalue weighted by Gasteiger charge is -2.42. The first-order chi connectivity index (χ1) is 20.4. The second-order valence-corrected chi connectivity index (χ2v) is 10.7. The fraction of sp³-hybridized carbons (Fsp3) is 0.387. The molecule has 11 nitrogen and oxygen atoms in total. The maximum atomic E-state index is 13.4. The number of imidazole rings is 1. The van der Waals surface area contributed by atoms with E-state index >= 15 is 0 Å². The van der Waals surface area contributed by atoms with Gasteiger partial charge in [-0.15, -0.1) is 0 Å². The molecule has 0 aliphatic carbocycles. The van der Waals surface area contributed by atoms with Crippen LogP contribution in [0.2, 0.25) is 0 Å². The van der Waals surface area contributed by atoms with Gasteiger partial charge in [0.1, 0.15) is 12.1 Å². The van der Waals surface area contributed by atoms with Crippen LogP contribution in [0.15, 0.2) is 67.5 Å². The highest BCUT2D eigenvalue weighted by Crippen LogP contribution is 2.28.